The van der Waals surface area contributed by atoms with Crippen LogP contribution in [-0.2, 0) is 11.2 Å². The number of carbonyl (C=O) groups excluding carboxylic acids is 1. The number of halogens is 1. The highest BCUT2D eigenvalue weighted by Crippen LogP contribution is 2.21. The van der Waals surface area contributed by atoms with Gasteiger partial charge in [0.1, 0.15) is 11.8 Å². The largest absolute Gasteiger partial charge is 0.458 e. The number of benzene rings is 1. The molecule has 0 N–H and O–H groups in total. The number of nitrogens with zero attached hydrogens (tertiary/aromatic N) is 4. The Hall–Kier alpha value is -2.67. The van der Waals surface area contributed by atoms with Crippen molar-refractivity contribution in [3.8, 4) is 6.01 Å². The molecule has 0 bridgehead atoms. The second-order valence-electron chi connectivity index (χ2n) is 6.21. The lowest BCUT2D eigenvalue weighted by Crippen LogP contribution is -2.45. The first-order chi connectivity index (χ1) is 12.7. The Morgan fingerprint density at radius 3 is 2.96 bits per heavy atom. The molecule has 1 aromatic carbocycles. The van der Waals surface area contributed by atoms with Crippen LogP contribution >= 0.6 is 11.6 Å². The first kappa shape index (κ1) is 16.8. The quantitative estimate of drug-likeness (QED) is 0.700. The summed E-state index contributed by atoms with van der Waals surface area (Å²) in [7, 11) is 0. The van der Waals surface area contributed by atoms with Crippen molar-refractivity contribution in [2.45, 2.75) is 25.4 Å². The first-order valence-electron chi connectivity index (χ1n) is 8.44. The summed E-state index contributed by atoms with van der Waals surface area (Å²) in [6, 6.07) is 7.81. The minimum absolute atomic E-state index is 0.00868. The third kappa shape index (κ3) is 3.62. The molecule has 4 rings (SSSR count). The number of piperidine rings is 1. The SMILES string of the molecule is O=C(Cc1noc2ccccc12)N1CCC[C@H](Oc2ncc(Cl)cn2)C1. The summed E-state index contributed by atoms with van der Waals surface area (Å²) in [5.74, 6) is 0.00868. The lowest BCUT2D eigenvalue weighted by Gasteiger charge is -2.32. The van der Waals surface area contributed by atoms with Gasteiger partial charge in [0, 0.05) is 11.9 Å². The van der Waals surface area contributed by atoms with E-state index in [2.05, 4.69) is 15.1 Å². The molecule has 8 heteroatoms. The van der Waals surface area contributed by atoms with E-state index in [0.717, 1.165) is 18.2 Å². The number of carbonyl (C=O) groups is 1. The van der Waals surface area contributed by atoms with E-state index in [1.165, 1.54) is 12.4 Å². The second kappa shape index (κ2) is 7.29. The minimum Gasteiger partial charge on any atom is -0.458 e. The maximum atomic E-state index is 12.7. The molecule has 134 valence electrons. The van der Waals surface area contributed by atoms with Gasteiger partial charge in [-0.2, -0.15) is 0 Å². The first-order valence-corrected chi connectivity index (χ1v) is 8.82. The maximum Gasteiger partial charge on any atom is 0.316 e. The predicted molar refractivity (Wildman–Crippen MR) is 95.0 cm³/mol. The van der Waals surface area contributed by atoms with E-state index in [0.29, 0.717) is 29.4 Å². The molecular formula is C18H17ClN4O3. The molecule has 1 saturated heterocycles. The topological polar surface area (TPSA) is 81.4 Å². The number of aromatic nitrogens is 3. The Morgan fingerprint density at radius 2 is 2.12 bits per heavy atom. The third-order valence-corrected chi connectivity index (χ3v) is 4.57. The summed E-state index contributed by atoms with van der Waals surface area (Å²) < 4.78 is 11.1. The molecule has 0 unspecified atom stereocenters. The summed E-state index contributed by atoms with van der Waals surface area (Å²) >= 11 is 5.78. The molecule has 1 amide bonds. The van der Waals surface area contributed by atoms with Gasteiger partial charge >= 0.3 is 6.01 Å². The van der Waals surface area contributed by atoms with Crippen LogP contribution in [0.2, 0.25) is 5.02 Å². The number of likely N-dealkylation sites (tertiary alicyclic amines) is 1. The molecule has 3 aromatic rings. The number of amides is 1. The molecule has 1 atom stereocenters. The molecule has 3 heterocycles. The van der Waals surface area contributed by atoms with Crippen LogP contribution in [0.4, 0.5) is 0 Å². The zero-order chi connectivity index (χ0) is 17.9. The summed E-state index contributed by atoms with van der Waals surface area (Å²) in [6.45, 7) is 1.20. The van der Waals surface area contributed by atoms with Crippen LogP contribution in [0.25, 0.3) is 11.0 Å². The van der Waals surface area contributed by atoms with Crippen LogP contribution < -0.4 is 4.74 Å². The van der Waals surface area contributed by atoms with Crippen molar-refractivity contribution in [1.29, 1.82) is 0 Å². The van der Waals surface area contributed by atoms with Gasteiger partial charge in [-0.1, -0.05) is 28.9 Å². The number of hydrogen-bond acceptors (Lipinski definition) is 6. The average molecular weight is 373 g/mol. The van der Waals surface area contributed by atoms with Crippen LogP contribution in [0.1, 0.15) is 18.5 Å². The standard InChI is InChI=1S/C18H17ClN4O3/c19-12-9-20-18(21-10-12)25-13-4-3-7-23(11-13)17(24)8-15-14-5-1-2-6-16(14)26-22-15/h1-2,5-6,9-10,13H,3-4,7-8,11H2/t13-/m0/s1. The van der Waals surface area contributed by atoms with Gasteiger partial charge in [-0.3, -0.25) is 4.79 Å². The summed E-state index contributed by atoms with van der Waals surface area (Å²) in [5, 5.41) is 5.37. The van der Waals surface area contributed by atoms with E-state index in [-0.39, 0.29) is 24.4 Å². The molecule has 1 aliphatic heterocycles. The van der Waals surface area contributed by atoms with Crippen molar-refractivity contribution in [2.24, 2.45) is 0 Å². The van der Waals surface area contributed by atoms with Crippen LogP contribution in [0.5, 0.6) is 6.01 Å². The van der Waals surface area contributed by atoms with E-state index in [4.69, 9.17) is 20.9 Å². The number of fused-ring (bicyclic) bond motifs is 1. The fourth-order valence-electron chi connectivity index (χ4n) is 3.09. The van der Waals surface area contributed by atoms with E-state index in [1.54, 1.807) is 4.90 Å². The second-order valence-corrected chi connectivity index (χ2v) is 6.64. The average Bonchev–Trinajstić information content (AvgIpc) is 3.07. The minimum atomic E-state index is -0.136. The van der Waals surface area contributed by atoms with Gasteiger partial charge in [-0.25, -0.2) is 9.97 Å². The maximum absolute atomic E-state index is 12.7. The van der Waals surface area contributed by atoms with Crippen molar-refractivity contribution in [2.75, 3.05) is 13.1 Å². The van der Waals surface area contributed by atoms with Crippen LogP contribution in [0, 0.1) is 0 Å². The van der Waals surface area contributed by atoms with Gasteiger partial charge in [-0.05, 0) is 25.0 Å². The van der Waals surface area contributed by atoms with Gasteiger partial charge in [0.25, 0.3) is 0 Å². The van der Waals surface area contributed by atoms with E-state index in [9.17, 15) is 4.79 Å². The highest BCUT2D eigenvalue weighted by Gasteiger charge is 2.26. The van der Waals surface area contributed by atoms with Crippen molar-refractivity contribution < 1.29 is 14.1 Å². The van der Waals surface area contributed by atoms with Crippen LogP contribution in [0.3, 0.4) is 0 Å². The van der Waals surface area contributed by atoms with Crippen molar-refractivity contribution in [3.63, 3.8) is 0 Å². The molecule has 0 saturated carbocycles. The number of rotatable bonds is 4. The molecule has 0 aliphatic carbocycles. The van der Waals surface area contributed by atoms with Gasteiger partial charge in [0.15, 0.2) is 5.58 Å². The molecule has 1 fully saturated rings. The number of para-hydroxylation sites is 1. The van der Waals surface area contributed by atoms with E-state index < -0.39 is 0 Å². The highest BCUT2D eigenvalue weighted by molar-refractivity contribution is 6.30. The lowest BCUT2D eigenvalue weighted by atomic mass is 10.1. The molecule has 0 spiro atoms. The molecule has 1 aliphatic rings. The van der Waals surface area contributed by atoms with Gasteiger partial charge in [0.05, 0.1) is 30.4 Å². The van der Waals surface area contributed by atoms with Gasteiger partial charge < -0.3 is 14.2 Å². The normalized spacial score (nSPS) is 17.4. The summed E-state index contributed by atoms with van der Waals surface area (Å²) in [6.07, 6.45) is 4.77. The zero-order valence-electron chi connectivity index (χ0n) is 14.0. The Labute approximate surface area is 154 Å². The lowest BCUT2D eigenvalue weighted by molar-refractivity contribution is -0.133. The van der Waals surface area contributed by atoms with E-state index >= 15 is 0 Å². The van der Waals surface area contributed by atoms with E-state index in [1.807, 2.05) is 24.3 Å². The van der Waals surface area contributed by atoms with Crippen LogP contribution in [-0.4, -0.2) is 45.1 Å². The Morgan fingerprint density at radius 1 is 1.31 bits per heavy atom. The van der Waals surface area contributed by atoms with Crippen LogP contribution in [0.15, 0.2) is 41.2 Å². The van der Waals surface area contributed by atoms with Gasteiger partial charge in [0.2, 0.25) is 5.91 Å². The highest BCUT2D eigenvalue weighted by atomic mass is 35.5. The fourth-order valence-corrected chi connectivity index (χ4v) is 3.19. The Kier molecular flexibility index (Phi) is 4.71. The monoisotopic (exact) mass is 372 g/mol. The van der Waals surface area contributed by atoms with Crippen molar-refractivity contribution in [3.05, 3.63) is 47.4 Å². The molecule has 26 heavy (non-hydrogen) atoms. The fraction of sp³-hybridized carbons (Fsp3) is 0.333. The third-order valence-electron chi connectivity index (χ3n) is 4.37. The summed E-state index contributed by atoms with van der Waals surface area (Å²) in [4.78, 5) is 22.6. The summed E-state index contributed by atoms with van der Waals surface area (Å²) in [5.41, 5.74) is 1.35. The molecule has 7 nitrogen and oxygen atoms in total. The molecule has 2 aromatic heterocycles. The molecule has 0 radical (unpaired) electrons. The predicted octanol–water partition coefficient (Wildman–Crippen LogP) is 2.88. The molecular weight excluding hydrogens is 356 g/mol. The van der Waals surface area contributed by atoms with Crippen molar-refractivity contribution >= 4 is 28.5 Å². The van der Waals surface area contributed by atoms with Gasteiger partial charge in [-0.15, -0.1) is 0 Å². The number of hydrogen-bond donors (Lipinski definition) is 0. The number of ether oxygens (including phenoxy) is 1. The smallest absolute Gasteiger partial charge is 0.316 e. The van der Waals surface area contributed by atoms with Crippen molar-refractivity contribution in [1.82, 2.24) is 20.0 Å². The Balaban J connectivity index is 1.40. The zero-order valence-corrected chi connectivity index (χ0v) is 14.7. The Bertz CT molecular complexity index is 912.